The summed E-state index contributed by atoms with van der Waals surface area (Å²) < 4.78 is 6.79. The fraction of sp³-hybridized carbons (Fsp3) is 0.240. The Bertz CT molecular complexity index is 953. The van der Waals surface area contributed by atoms with Gasteiger partial charge >= 0.3 is 0 Å². The third-order valence-corrected chi connectivity index (χ3v) is 7.19. The quantitative estimate of drug-likeness (QED) is 0.296. The van der Waals surface area contributed by atoms with Crippen LogP contribution in [-0.2, 0) is 9.84 Å². The standard InChI is InChI=1S/C25H26NOSSi/c1-19(22-16-11-17-23(26-18-28)24(22)25(2,3)4)27-29(20-12-7-5-8-13-20)21-14-9-6-10-15-21/h5-17,19H,1-4H3. The average molecular weight is 417 g/mol. The van der Waals surface area contributed by atoms with Gasteiger partial charge in [-0.1, -0.05) is 93.6 Å². The highest BCUT2D eigenvalue weighted by atomic mass is 32.1. The lowest BCUT2D eigenvalue weighted by Gasteiger charge is -2.29. The van der Waals surface area contributed by atoms with Crippen molar-refractivity contribution >= 4 is 42.5 Å². The predicted molar refractivity (Wildman–Crippen MR) is 127 cm³/mol. The maximum atomic E-state index is 6.79. The number of isothiocyanates is 1. The van der Waals surface area contributed by atoms with Gasteiger partial charge in [-0.3, -0.25) is 0 Å². The van der Waals surface area contributed by atoms with E-state index >= 15 is 0 Å². The van der Waals surface area contributed by atoms with E-state index in [1.54, 1.807) is 0 Å². The Labute approximate surface area is 181 Å². The molecular formula is C25H26NOSSi. The molecule has 1 radical (unpaired) electrons. The van der Waals surface area contributed by atoms with E-state index < -0.39 is 9.04 Å². The van der Waals surface area contributed by atoms with Crippen LogP contribution in [0.4, 0.5) is 5.69 Å². The van der Waals surface area contributed by atoms with Gasteiger partial charge in [-0.25, -0.2) is 0 Å². The van der Waals surface area contributed by atoms with Gasteiger partial charge < -0.3 is 4.43 Å². The van der Waals surface area contributed by atoms with Crippen LogP contribution in [0, 0.1) is 0 Å². The molecular weight excluding hydrogens is 390 g/mol. The second kappa shape index (κ2) is 9.42. The Kier molecular flexibility index (Phi) is 6.94. The van der Waals surface area contributed by atoms with Crippen molar-refractivity contribution in [3.63, 3.8) is 0 Å². The molecule has 0 bridgehead atoms. The molecule has 0 spiro atoms. The molecule has 0 aliphatic rings. The number of rotatable bonds is 6. The van der Waals surface area contributed by atoms with Crippen molar-refractivity contribution < 1.29 is 4.43 Å². The van der Waals surface area contributed by atoms with Crippen LogP contribution < -0.4 is 10.4 Å². The molecule has 0 aromatic heterocycles. The first-order valence-corrected chi connectivity index (χ1v) is 11.6. The molecule has 147 valence electrons. The third-order valence-electron chi connectivity index (χ3n) is 4.80. The molecule has 0 N–H and O–H groups in total. The number of benzene rings is 3. The van der Waals surface area contributed by atoms with Crippen LogP contribution in [0.3, 0.4) is 0 Å². The second-order valence-electron chi connectivity index (χ2n) is 8.02. The monoisotopic (exact) mass is 416 g/mol. The minimum absolute atomic E-state index is 0.0844. The first kappa shape index (κ1) is 21.3. The lowest BCUT2D eigenvalue weighted by atomic mass is 9.81. The van der Waals surface area contributed by atoms with Crippen LogP contribution in [0.5, 0.6) is 0 Å². The molecule has 4 heteroatoms. The van der Waals surface area contributed by atoms with Crippen LogP contribution in [-0.4, -0.2) is 14.2 Å². The summed E-state index contributed by atoms with van der Waals surface area (Å²) >= 11 is 4.88. The minimum atomic E-state index is -1.40. The Hall–Kier alpha value is -2.36. The molecule has 2 nitrogen and oxygen atoms in total. The number of thiocarbonyl (C=S) groups is 1. The highest BCUT2D eigenvalue weighted by molar-refractivity contribution is 7.78. The zero-order chi connectivity index (χ0) is 20.9. The lowest BCUT2D eigenvalue weighted by molar-refractivity contribution is 0.234. The van der Waals surface area contributed by atoms with E-state index in [0.717, 1.165) is 16.8 Å². The molecule has 3 aromatic rings. The van der Waals surface area contributed by atoms with Gasteiger partial charge in [-0.15, -0.1) is 0 Å². The third kappa shape index (κ3) is 5.17. The van der Waals surface area contributed by atoms with Crippen molar-refractivity contribution in [1.82, 2.24) is 0 Å². The molecule has 0 saturated carbocycles. The van der Waals surface area contributed by atoms with E-state index in [9.17, 15) is 0 Å². The fourth-order valence-electron chi connectivity index (χ4n) is 3.58. The van der Waals surface area contributed by atoms with Crippen LogP contribution in [0.2, 0.25) is 0 Å². The van der Waals surface area contributed by atoms with Gasteiger partial charge in [0.25, 0.3) is 9.04 Å². The van der Waals surface area contributed by atoms with Crippen molar-refractivity contribution in [2.24, 2.45) is 4.99 Å². The SMILES string of the molecule is CC(O[Si](c1ccccc1)c1ccccc1)c1cccc(N=C=S)c1C(C)(C)C. The summed E-state index contributed by atoms with van der Waals surface area (Å²) in [4.78, 5) is 4.33. The lowest BCUT2D eigenvalue weighted by Crippen LogP contribution is -2.45. The smallest absolute Gasteiger partial charge is 0.283 e. The number of aliphatic imine (C=N–C) groups is 1. The van der Waals surface area contributed by atoms with E-state index in [-0.39, 0.29) is 11.5 Å². The van der Waals surface area contributed by atoms with Crippen molar-refractivity contribution in [3.05, 3.63) is 90.0 Å². The average Bonchev–Trinajstić information content (AvgIpc) is 2.72. The number of hydrogen-bond acceptors (Lipinski definition) is 3. The van der Waals surface area contributed by atoms with Crippen molar-refractivity contribution in [2.75, 3.05) is 0 Å². The first-order chi connectivity index (χ1) is 13.9. The minimum Gasteiger partial charge on any atom is -0.400 e. The molecule has 0 aliphatic carbocycles. The maximum absolute atomic E-state index is 6.79. The molecule has 0 fully saturated rings. The van der Waals surface area contributed by atoms with Crippen LogP contribution in [0.25, 0.3) is 0 Å². The molecule has 3 aromatic carbocycles. The Morgan fingerprint density at radius 2 is 1.41 bits per heavy atom. The molecule has 3 rings (SSSR count). The fourth-order valence-corrected chi connectivity index (χ4v) is 5.75. The predicted octanol–water partition coefficient (Wildman–Crippen LogP) is 5.60. The van der Waals surface area contributed by atoms with Gasteiger partial charge in [0.15, 0.2) is 0 Å². The van der Waals surface area contributed by atoms with E-state index in [2.05, 4.69) is 92.4 Å². The van der Waals surface area contributed by atoms with Gasteiger partial charge in [-0.2, -0.15) is 4.99 Å². The van der Waals surface area contributed by atoms with Crippen molar-refractivity contribution in [1.29, 1.82) is 0 Å². The highest BCUT2D eigenvalue weighted by Crippen LogP contribution is 2.38. The van der Waals surface area contributed by atoms with Crippen LogP contribution >= 0.6 is 12.2 Å². The second-order valence-corrected chi connectivity index (χ2v) is 10.2. The van der Waals surface area contributed by atoms with Gasteiger partial charge in [0.05, 0.1) is 17.0 Å². The summed E-state index contributed by atoms with van der Waals surface area (Å²) in [5.74, 6) is 0. The highest BCUT2D eigenvalue weighted by Gasteiger charge is 2.28. The molecule has 29 heavy (non-hydrogen) atoms. The summed E-state index contributed by atoms with van der Waals surface area (Å²) in [6.07, 6.45) is -0.0844. The first-order valence-electron chi connectivity index (χ1n) is 9.77. The zero-order valence-corrected chi connectivity index (χ0v) is 19.2. The van der Waals surface area contributed by atoms with Gasteiger partial charge in [-0.05, 0) is 52.1 Å². The summed E-state index contributed by atoms with van der Waals surface area (Å²) in [6, 6.07) is 27.2. The number of hydrogen-bond donors (Lipinski definition) is 0. The van der Waals surface area contributed by atoms with Gasteiger partial charge in [0, 0.05) is 0 Å². The summed E-state index contributed by atoms with van der Waals surface area (Å²) in [6.45, 7) is 8.72. The maximum Gasteiger partial charge on any atom is 0.283 e. The zero-order valence-electron chi connectivity index (χ0n) is 17.3. The molecule has 1 atom stereocenters. The van der Waals surface area contributed by atoms with Gasteiger partial charge in [0.1, 0.15) is 0 Å². The molecule has 1 unspecified atom stereocenters. The topological polar surface area (TPSA) is 21.6 Å². The Morgan fingerprint density at radius 3 is 1.90 bits per heavy atom. The number of nitrogens with zero attached hydrogens (tertiary/aromatic N) is 1. The van der Waals surface area contributed by atoms with E-state index in [1.165, 1.54) is 10.4 Å². The summed E-state index contributed by atoms with van der Waals surface area (Å²) in [5, 5.41) is 5.00. The summed E-state index contributed by atoms with van der Waals surface area (Å²) in [7, 11) is -1.40. The Morgan fingerprint density at radius 1 is 0.862 bits per heavy atom. The van der Waals surface area contributed by atoms with E-state index in [0.29, 0.717) is 0 Å². The molecule has 0 aliphatic heterocycles. The normalized spacial score (nSPS) is 12.4. The largest absolute Gasteiger partial charge is 0.400 e. The molecule has 0 heterocycles. The van der Waals surface area contributed by atoms with Crippen molar-refractivity contribution in [2.45, 2.75) is 39.2 Å². The Balaban J connectivity index is 2.04. The van der Waals surface area contributed by atoms with E-state index in [1.807, 2.05) is 24.3 Å². The van der Waals surface area contributed by atoms with Crippen molar-refractivity contribution in [3.8, 4) is 0 Å². The molecule has 0 saturated heterocycles. The van der Waals surface area contributed by atoms with Crippen LogP contribution in [0.1, 0.15) is 44.9 Å². The van der Waals surface area contributed by atoms with E-state index in [4.69, 9.17) is 16.6 Å². The van der Waals surface area contributed by atoms with Crippen LogP contribution in [0.15, 0.2) is 83.9 Å². The summed E-state index contributed by atoms with van der Waals surface area (Å²) in [5.41, 5.74) is 3.09. The van der Waals surface area contributed by atoms with Gasteiger partial charge in [0.2, 0.25) is 0 Å². The molecule has 0 amide bonds.